The summed E-state index contributed by atoms with van der Waals surface area (Å²) in [5.74, 6) is -0.0823. The summed E-state index contributed by atoms with van der Waals surface area (Å²) in [7, 11) is 1.44. The van der Waals surface area contributed by atoms with E-state index in [1.807, 2.05) is 30.5 Å². The number of nitrogens with zero attached hydrogens (tertiary/aromatic N) is 1. The van der Waals surface area contributed by atoms with Crippen molar-refractivity contribution in [2.75, 3.05) is 18.3 Å². The summed E-state index contributed by atoms with van der Waals surface area (Å²) in [6, 6.07) is 10.8. The molecule has 0 aliphatic carbocycles. The normalized spacial score (nSPS) is 15.8. The second-order valence-corrected chi connectivity index (χ2v) is 8.23. The molecule has 0 aromatic heterocycles. The van der Waals surface area contributed by atoms with Gasteiger partial charge >= 0.3 is 0 Å². The van der Waals surface area contributed by atoms with Gasteiger partial charge in [0.05, 0.1) is 22.7 Å². The number of methoxy groups -OCH3 is 1. The number of halogens is 1. The standard InChI is InChI=1S/C18H14ClNO3S3/c1-23-14-7-10(6-13(19)16(14)21)8-15-17(22)20(18(24)26-15)11-4-3-5-12(9-11)25-2/h3-9,21H,1-2H3/b15-8-. The number of carbonyl (C=O) groups is 1. The van der Waals surface area contributed by atoms with E-state index in [1.165, 1.54) is 23.8 Å². The fourth-order valence-electron chi connectivity index (χ4n) is 2.42. The molecule has 8 heteroatoms. The average molecular weight is 424 g/mol. The van der Waals surface area contributed by atoms with Crippen LogP contribution in [0.25, 0.3) is 6.08 Å². The molecule has 1 N–H and O–H groups in total. The van der Waals surface area contributed by atoms with Gasteiger partial charge < -0.3 is 9.84 Å². The number of ether oxygens (including phenoxy) is 1. The summed E-state index contributed by atoms with van der Waals surface area (Å²) >= 11 is 14.2. The van der Waals surface area contributed by atoms with Crippen LogP contribution in [0.1, 0.15) is 5.56 Å². The van der Waals surface area contributed by atoms with Crippen LogP contribution in [0.2, 0.25) is 5.02 Å². The van der Waals surface area contributed by atoms with Crippen LogP contribution in [0.4, 0.5) is 5.69 Å². The predicted molar refractivity (Wildman–Crippen MR) is 114 cm³/mol. The third-order valence-corrected chi connectivity index (χ3v) is 5.99. The summed E-state index contributed by atoms with van der Waals surface area (Å²) < 4.78 is 5.57. The number of thiocarbonyl (C=S) groups is 1. The molecule has 0 atom stereocenters. The quantitative estimate of drug-likeness (QED) is 0.415. The number of amides is 1. The molecule has 134 valence electrons. The molecule has 0 bridgehead atoms. The lowest BCUT2D eigenvalue weighted by atomic mass is 10.1. The van der Waals surface area contributed by atoms with Crippen LogP contribution in [0, 0.1) is 0 Å². The first-order valence-corrected chi connectivity index (χ1v) is 10.3. The molecule has 3 rings (SSSR count). The number of anilines is 1. The number of rotatable bonds is 4. The molecule has 1 aliphatic heterocycles. The van der Waals surface area contributed by atoms with E-state index in [0.29, 0.717) is 14.8 Å². The molecule has 2 aromatic rings. The molecule has 0 unspecified atom stereocenters. The molecule has 1 fully saturated rings. The zero-order valence-corrected chi connectivity index (χ0v) is 17.1. The molecule has 0 radical (unpaired) electrons. The van der Waals surface area contributed by atoms with Crippen molar-refractivity contribution in [3.8, 4) is 11.5 Å². The van der Waals surface area contributed by atoms with Gasteiger partial charge in [0.15, 0.2) is 15.8 Å². The second-order valence-electron chi connectivity index (χ2n) is 5.27. The smallest absolute Gasteiger partial charge is 0.270 e. The molecule has 26 heavy (non-hydrogen) atoms. The Hall–Kier alpha value is -1.67. The van der Waals surface area contributed by atoms with Gasteiger partial charge in [-0.05, 0) is 48.2 Å². The minimum Gasteiger partial charge on any atom is -0.503 e. The van der Waals surface area contributed by atoms with Gasteiger partial charge in [0.2, 0.25) is 0 Å². The highest BCUT2D eigenvalue weighted by Crippen LogP contribution is 2.39. The van der Waals surface area contributed by atoms with Crippen molar-refractivity contribution < 1.29 is 14.6 Å². The van der Waals surface area contributed by atoms with Crippen molar-refractivity contribution in [3.63, 3.8) is 0 Å². The number of phenols is 1. The molecule has 1 saturated heterocycles. The van der Waals surface area contributed by atoms with E-state index in [-0.39, 0.29) is 22.4 Å². The Morgan fingerprint density at radius 3 is 2.81 bits per heavy atom. The van der Waals surface area contributed by atoms with Crippen molar-refractivity contribution in [1.82, 2.24) is 0 Å². The van der Waals surface area contributed by atoms with E-state index in [9.17, 15) is 9.90 Å². The van der Waals surface area contributed by atoms with E-state index in [1.54, 1.807) is 30.0 Å². The summed E-state index contributed by atoms with van der Waals surface area (Å²) in [6.45, 7) is 0. The lowest BCUT2D eigenvalue weighted by Gasteiger charge is -2.15. The van der Waals surface area contributed by atoms with E-state index in [0.717, 1.165) is 10.6 Å². The van der Waals surface area contributed by atoms with Crippen LogP contribution in [0.15, 0.2) is 46.2 Å². The molecule has 1 heterocycles. The maximum absolute atomic E-state index is 12.9. The first kappa shape index (κ1) is 19.1. The fourth-order valence-corrected chi connectivity index (χ4v) is 4.40. The zero-order chi connectivity index (χ0) is 18.8. The Morgan fingerprint density at radius 1 is 1.35 bits per heavy atom. The summed E-state index contributed by atoms with van der Waals surface area (Å²) in [5.41, 5.74) is 1.38. The van der Waals surface area contributed by atoms with Gasteiger partial charge in [-0.3, -0.25) is 9.69 Å². The Kier molecular flexibility index (Phi) is 5.82. The summed E-state index contributed by atoms with van der Waals surface area (Å²) in [5, 5.41) is 9.99. The van der Waals surface area contributed by atoms with Crippen molar-refractivity contribution in [3.05, 3.63) is 51.9 Å². The number of carbonyl (C=O) groups excluding carboxylic acids is 1. The third-order valence-electron chi connectivity index (χ3n) is 3.67. The molecule has 4 nitrogen and oxygen atoms in total. The number of phenolic OH excluding ortho intramolecular Hbond substituents is 1. The topological polar surface area (TPSA) is 49.8 Å². The Bertz CT molecular complexity index is 930. The van der Waals surface area contributed by atoms with Crippen LogP contribution in [0.5, 0.6) is 11.5 Å². The van der Waals surface area contributed by atoms with Crippen LogP contribution in [-0.4, -0.2) is 28.7 Å². The fraction of sp³-hybridized carbons (Fsp3) is 0.111. The maximum Gasteiger partial charge on any atom is 0.270 e. The maximum atomic E-state index is 12.9. The Labute approximate surface area is 170 Å². The Morgan fingerprint density at radius 2 is 2.12 bits per heavy atom. The van der Waals surface area contributed by atoms with Crippen LogP contribution in [-0.2, 0) is 4.79 Å². The Balaban J connectivity index is 1.96. The van der Waals surface area contributed by atoms with Crippen LogP contribution >= 0.6 is 47.3 Å². The average Bonchev–Trinajstić information content (AvgIpc) is 2.91. The van der Waals surface area contributed by atoms with Gasteiger partial charge in [-0.15, -0.1) is 11.8 Å². The molecule has 0 saturated carbocycles. The van der Waals surface area contributed by atoms with Gasteiger partial charge in [0, 0.05) is 4.90 Å². The third kappa shape index (κ3) is 3.71. The van der Waals surface area contributed by atoms with Crippen molar-refractivity contribution >= 4 is 69.3 Å². The number of benzene rings is 2. The van der Waals surface area contributed by atoms with Gasteiger partial charge in [-0.1, -0.05) is 41.6 Å². The van der Waals surface area contributed by atoms with E-state index in [2.05, 4.69) is 0 Å². The van der Waals surface area contributed by atoms with Gasteiger partial charge in [0.25, 0.3) is 5.91 Å². The van der Waals surface area contributed by atoms with Gasteiger partial charge in [0.1, 0.15) is 0 Å². The molecule has 2 aromatic carbocycles. The first-order valence-electron chi connectivity index (χ1n) is 7.43. The van der Waals surface area contributed by atoms with Gasteiger partial charge in [-0.25, -0.2) is 0 Å². The number of hydrogen-bond donors (Lipinski definition) is 1. The minimum atomic E-state index is -0.193. The molecule has 0 spiro atoms. The van der Waals surface area contributed by atoms with Gasteiger partial charge in [-0.2, -0.15) is 0 Å². The number of hydrogen-bond acceptors (Lipinski definition) is 6. The predicted octanol–water partition coefficient (Wildman–Crippen LogP) is 5.18. The van der Waals surface area contributed by atoms with Crippen molar-refractivity contribution in [2.45, 2.75) is 4.90 Å². The summed E-state index contributed by atoms with van der Waals surface area (Å²) in [6.07, 6.45) is 3.66. The van der Waals surface area contributed by atoms with Crippen molar-refractivity contribution in [2.24, 2.45) is 0 Å². The minimum absolute atomic E-state index is 0.132. The van der Waals surface area contributed by atoms with E-state index < -0.39 is 0 Å². The van der Waals surface area contributed by atoms with Crippen LogP contribution < -0.4 is 9.64 Å². The SMILES string of the molecule is COc1cc(/C=C2\SC(=S)N(c3cccc(SC)c3)C2=O)cc(Cl)c1O. The molecule has 1 aliphatic rings. The summed E-state index contributed by atoms with van der Waals surface area (Å²) in [4.78, 5) is 15.9. The first-order chi connectivity index (χ1) is 12.4. The molecule has 1 amide bonds. The number of aromatic hydroxyl groups is 1. The highest BCUT2D eigenvalue weighted by Gasteiger charge is 2.33. The van der Waals surface area contributed by atoms with Crippen LogP contribution in [0.3, 0.4) is 0 Å². The second kappa shape index (κ2) is 7.92. The van der Waals surface area contributed by atoms with Crippen molar-refractivity contribution in [1.29, 1.82) is 0 Å². The zero-order valence-electron chi connectivity index (χ0n) is 13.9. The number of thioether (sulfide) groups is 2. The molecular weight excluding hydrogens is 410 g/mol. The van der Waals surface area contributed by atoms with E-state index >= 15 is 0 Å². The van der Waals surface area contributed by atoms with E-state index in [4.69, 9.17) is 28.6 Å². The lowest BCUT2D eigenvalue weighted by molar-refractivity contribution is -0.113. The monoisotopic (exact) mass is 423 g/mol. The highest BCUT2D eigenvalue weighted by molar-refractivity contribution is 8.27. The largest absolute Gasteiger partial charge is 0.503 e. The lowest BCUT2D eigenvalue weighted by Crippen LogP contribution is -2.27. The molecular formula is C18H14ClNO3S3. The highest BCUT2D eigenvalue weighted by atomic mass is 35.5.